The molecule has 0 bridgehead atoms. The van der Waals surface area contributed by atoms with E-state index in [2.05, 4.69) is 63.0 Å². The van der Waals surface area contributed by atoms with Gasteiger partial charge in [-0.1, -0.05) is 18.2 Å². The summed E-state index contributed by atoms with van der Waals surface area (Å²) >= 11 is 3.77. The van der Waals surface area contributed by atoms with Crippen molar-refractivity contribution in [1.82, 2.24) is 4.98 Å². The Balaban J connectivity index is 0.000000133. The number of pyridine rings is 1. The lowest BCUT2D eigenvalue weighted by Crippen LogP contribution is -1.84. The lowest BCUT2D eigenvalue weighted by molar-refractivity contribution is 1.35. The zero-order valence-corrected chi connectivity index (χ0v) is 14.9. The Hall–Kier alpha value is -1.71. The Bertz CT molecular complexity index is 828. The summed E-state index contributed by atoms with van der Waals surface area (Å²) in [6.07, 6.45) is 1.84. The molecule has 0 unspecified atom stereocenters. The minimum Gasteiger partial charge on any atom is -0.256 e. The van der Waals surface area contributed by atoms with Gasteiger partial charge in [0.1, 0.15) is 0 Å². The fraction of sp³-hybridized carbons (Fsp3) is 0.211. The molecule has 0 aliphatic carbocycles. The highest BCUT2D eigenvalue weighted by Crippen LogP contribution is 2.31. The molecule has 22 heavy (non-hydrogen) atoms. The molecule has 0 saturated carbocycles. The zero-order valence-electron chi connectivity index (χ0n) is 13.3. The topological polar surface area (TPSA) is 12.9 Å². The summed E-state index contributed by atoms with van der Waals surface area (Å²) in [6, 6.07) is 12.9. The van der Waals surface area contributed by atoms with Crippen LogP contribution in [0.2, 0.25) is 0 Å². The molecule has 3 heterocycles. The first-order chi connectivity index (χ1) is 10.5. The number of aromatic nitrogens is 1. The Morgan fingerprint density at radius 2 is 1.36 bits per heavy atom. The number of hydrogen-bond acceptors (Lipinski definition) is 3. The molecule has 0 aliphatic rings. The first-order valence-electron chi connectivity index (χ1n) is 7.32. The van der Waals surface area contributed by atoms with Crippen molar-refractivity contribution in [3.05, 3.63) is 63.5 Å². The average molecular weight is 326 g/mol. The molecule has 1 aromatic carbocycles. The lowest BCUT2D eigenvalue weighted by Gasteiger charge is -2.02. The Morgan fingerprint density at radius 3 is 1.95 bits per heavy atom. The highest BCUT2D eigenvalue weighted by Gasteiger charge is 2.00. The SMILES string of the molecule is Cc1cc2sc(C)cc2s1.Cc1ccc(C)c2ncccc12. The third-order valence-electron chi connectivity index (χ3n) is 3.64. The van der Waals surface area contributed by atoms with Crippen molar-refractivity contribution in [2.45, 2.75) is 27.7 Å². The van der Waals surface area contributed by atoms with Crippen LogP contribution in [0, 0.1) is 27.7 Å². The van der Waals surface area contributed by atoms with Crippen molar-refractivity contribution in [3.63, 3.8) is 0 Å². The van der Waals surface area contributed by atoms with Gasteiger partial charge in [0.15, 0.2) is 0 Å². The van der Waals surface area contributed by atoms with Crippen LogP contribution in [0.25, 0.3) is 20.3 Å². The van der Waals surface area contributed by atoms with Gasteiger partial charge >= 0.3 is 0 Å². The molecule has 0 aliphatic heterocycles. The lowest BCUT2D eigenvalue weighted by atomic mass is 10.1. The van der Waals surface area contributed by atoms with Crippen LogP contribution in [0.15, 0.2) is 42.6 Å². The van der Waals surface area contributed by atoms with Gasteiger partial charge in [0.05, 0.1) is 5.52 Å². The van der Waals surface area contributed by atoms with E-state index in [4.69, 9.17) is 0 Å². The Morgan fingerprint density at radius 1 is 0.773 bits per heavy atom. The number of benzene rings is 1. The number of thiophene rings is 2. The minimum absolute atomic E-state index is 1.12. The van der Waals surface area contributed by atoms with E-state index in [1.807, 2.05) is 34.9 Å². The highest BCUT2D eigenvalue weighted by atomic mass is 32.1. The smallest absolute Gasteiger partial charge is 0.0733 e. The second kappa shape index (κ2) is 6.19. The van der Waals surface area contributed by atoms with Crippen molar-refractivity contribution in [2.75, 3.05) is 0 Å². The summed E-state index contributed by atoms with van der Waals surface area (Å²) in [5.41, 5.74) is 3.66. The number of aryl methyl sites for hydroxylation is 4. The minimum atomic E-state index is 1.12. The van der Waals surface area contributed by atoms with Crippen molar-refractivity contribution in [1.29, 1.82) is 0 Å². The highest BCUT2D eigenvalue weighted by molar-refractivity contribution is 7.27. The molecular weight excluding hydrogens is 306 g/mol. The molecular formula is C19H19NS2. The molecule has 0 fully saturated rings. The van der Waals surface area contributed by atoms with E-state index in [0.29, 0.717) is 0 Å². The summed E-state index contributed by atoms with van der Waals surface area (Å²) in [6.45, 7) is 8.53. The quantitative estimate of drug-likeness (QED) is 0.363. The third-order valence-corrected chi connectivity index (χ3v) is 5.77. The molecule has 3 heteroatoms. The second-order valence-electron chi connectivity index (χ2n) is 5.54. The van der Waals surface area contributed by atoms with Gasteiger partial charge in [0, 0.05) is 30.7 Å². The van der Waals surface area contributed by atoms with Gasteiger partial charge in [-0.05, 0) is 57.0 Å². The van der Waals surface area contributed by atoms with Gasteiger partial charge in [0.25, 0.3) is 0 Å². The van der Waals surface area contributed by atoms with E-state index in [9.17, 15) is 0 Å². The Labute approximate surface area is 139 Å². The van der Waals surface area contributed by atoms with E-state index >= 15 is 0 Å². The van der Waals surface area contributed by atoms with Gasteiger partial charge in [-0.25, -0.2) is 0 Å². The predicted molar refractivity (Wildman–Crippen MR) is 100 cm³/mol. The van der Waals surface area contributed by atoms with Gasteiger partial charge < -0.3 is 0 Å². The fourth-order valence-corrected chi connectivity index (χ4v) is 4.77. The normalized spacial score (nSPS) is 10.7. The van der Waals surface area contributed by atoms with Gasteiger partial charge in [-0.15, -0.1) is 22.7 Å². The number of rotatable bonds is 0. The largest absolute Gasteiger partial charge is 0.256 e. The summed E-state index contributed by atoms with van der Waals surface area (Å²) in [5.74, 6) is 0. The number of fused-ring (bicyclic) bond motifs is 2. The summed E-state index contributed by atoms with van der Waals surface area (Å²) in [4.78, 5) is 7.18. The standard InChI is InChI=1S/C11H11N.C8H8S2/c1-8-5-6-9(2)11-10(8)4-3-7-12-11;1-5-3-7-8(9-5)4-6(2)10-7/h3-7H,1-2H3;3-4H,1-2H3. The van der Waals surface area contributed by atoms with Crippen LogP contribution >= 0.6 is 22.7 Å². The van der Waals surface area contributed by atoms with E-state index < -0.39 is 0 Å². The molecule has 0 atom stereocenters. The third kappa shape index (κ3) is 3.06. The molecule has 0 saturated heterocycles. The molecule has 0 N–H and O–H groups in total. The molecule has 0 spiro atoms. The van der Waals surface area contributed by atoms with Crippen molar-refractivity contribution in [2.24, 2.45) is 0 Å². The molecule has 0 amide bonds. The van der Waals surface area contributed by atoms with Gasteiger partial charge in [-0.3, -0.25) is 4.98 Å². The van der Waals surface area contributed by atoms with Crippen LogP contribution in [0.1, 0.15) is 20.9 Å². The summed E-state index contributed by atoms with van der Waals surface area (Å²) in [5, 5.41) is 1.26. The number of nitrogens with zero attached hydrogens (tertiary/aromatic N) is 1. The monoisotopic (exact) mass is 325 g/mol. The molecule has 0 radical (unpaired) electrons. The van der Waals surface area contributed by atoms with E-state index in [1.165, 1.54) is 35.7 Å². The van der Waals surface area contributed by atoms with Crippen molar-refractivity contribution in [3.8, 4) is 0 Å². The van der Waals surface area contributed by atoms with E-state index in [0.717, 1.165) is 5.52 Å². The van der Waals surface area contributed by atoms with Gasteiger partial charge in [-0.2, -0.15) is 0 Å². The van der Waals surface area contributed by atoms with Crippen molar-refractivity contribution < 1.29 is 0 Å². The maximum atomic E-state index is 4.34. The molecule has 4 aromatic rings. The van der Waals surface area contributed by atoms with E-state index in [-0.39, 0.29) is 0 Å². The first-order valence-corrected chi connectivity index (χ1v) is 8.95. The molecule has 4 rings (SSSR count). The van der Waals surface area contributed by atoms with Crippen molar-refractivity contribution >= 4 is 43.0 Å². The van der Waals surface area contributed by atoms with Crippen LogP contribution in [0.3, 0.4) is 0 Å². The Kier molecular flexibility index (Phi) is 4.27. The van der Waals surface area contributed by atoms with Crippen LogP contribution < -0.4 is 0 Å². The summed E-state index contributed by atoms with van der Waals surface area (Å²) in [7, 11) is 0. The number of hydrogen-bond donors (Lipinski definition) is 0. The molecule has 1 nitrogen and oxygen atoms in total. The molecule has 112 valence electrons. The maximum Gasteiger partial charge on any atom is 0.0733 e. The van der Waals surface area contributed by atoms with Crippen LogP contribution in [-0.4, -0.2) is 4.98 Å². The van der Waals surface area contributed by atoms with Crippen LogP contribution in [0.5, 0.6) is 0 Å². The predicted octanol–water partition coefficient (Wildman–Crippen LogP) is 6.43. The van der Waals surface area contributed by atoms with Crippen LogP contribution in [-0.2, 0) is 0 Å². The second-order valence-corrected chi connectivity index (χ2v) is 8.12. The zero-order chi connectivity index (χ0) is 15.7. The van der Waals surface area contributed by atoms with Gasteiger partial charge in [0.2, 0.25) is 0 Å². The fourth-order valence-electron chi connectivity index (χ4n) is 2.53. The first kappa shape index (κ1) is 15.2. The molecule has 3 aromatic heterocycles. The summed E-state index contributed by atoms with van der Waals surface area (Å²) < 4.78 is 2.89. The average Bonchev–Trinajstić information content (AvgIpc) is 2.99. The van der Waals surface area contributed by atoms with E-state index in [1.54, 1.807) is 0 Å². The van der Waals surface area contributed by atoms with Crippen LogP contribution in [0.4, 0.5) is 0 Å². The maximum absolute atomic E-state index is 4.34.